The van der Waals surface area contributed by atoms with Crippen LogP contribution in [0.4, 0.5) is 0 Å². The largest absolute Gasteiger partial charge is 0.393 e. The van der Waals surface area contributed by atoms with Crippen LogP contribution in [0.5, 0.6) is 0 Å². The fraction of sp³-hybridized carbons (Fsp3) is 1.00. The van der Waals surface area contributed by atoms with E-state index in [0.29, 0.717) is 0 Å². The zero-order valence-electron chi connectivity index (χ0n) is 16.4. The van der Waals surface area contributed by atoms with Crippen LogP contribution in [-0.2, 0) is 0 Å². The normalized spacial score (nSPS) is 17.5. The van der Waals surface area contributed by atoms with Crippen molar-refractivity contribution >= 4 is 0 Å². The number of hydrogen-bond donors (Lipinski definition) is 1. The van der Waals surface area contributed by atoms with Gasteiger partial charge in [0.05, 0.1) is 6.10 Å². The first-order valence-electron chi connectivity index (χ1n) is 10.0. The number of unbranched alkanes of at least 4 members (excludes halogenated alkanes) is 2. The van der Waals surface area contributed by atoms with Crippen molar-refractivity contribution in [3.63, 3.8) is 0 Å². The number of rotatable bonds is 14. The van der Waals surface area contributed by atoms with Gasteiger partial charge in [-0.2, -0.15) is 0 Å². The van der Waals surface area contributed by atoms with Gasteiger partial charge in [0.2, 0.25) is 0 Å². The molecule has 0 aromatic carbocycles. The quantitative estimate of drug-likeness (QED) is 0.348. The van der Waals surface area contributed by atoms with E-state index in [1.807, 2.05) is 0 Å². The summed E-state index contributed by atoms with van der Waals surface area (Å²) in [5, 5.41) is 10.2. The molecule has 0 heterocycles. The first kappa shape index (κ1) is 22.0. The van der Waals surface area contributed by atoms with Crippen molar-refractivity contribution in [3.05, 3.63) is 0 Å². The van der Waals surface area contributed by atoms with Crippen LogP contribution >= 0.6 is 0 Å². The minimum Gasteiger partial charge on any atom is -0.393 e. The molecule has 0 spiro atoms. The molecule has 0 aliphatic carbocycles. The standard InChI is InChI=1S/C21H44O/c1-7-8-9-10-18(4)11-13-21(22)14-12-19(5)16-20(6)15-17(2)3/h17-22H,7-16H2,1-6H3. The van der Waals surface area contributed by atoms with Crippen LogP contribution in [-0.4, -0.2) is 11.2 Å². The topological polar surface area (TPSA) is 20.2 Å². The number of hydrogen-bond acceptors (Lipinski definition) is 1. The summed E-state index contributed by atoms with van der Waals surface area (Å²) in [4.78, 5) is 0. The molecule has 0 aromatic rings. The van der Waals surface area contributed by atoms with Gasteiger partial charge >= 0.3 is 0 Å². The van der Waals surface area contributed by atoms with Crippen LogP contribution < -0.4 is 0 Å². The predicted octanol–water partition coefficient (Wildman–Crippen LogP) is 6.83. The fourth-order valence-electron chi connectivity index (χ4n) is 3.69. The highest BCUT2D eigenvalue weighted by Gasteiger charge is 2.13. The van der Waals surface area contributed by atoms with Gasteiger partial charge in [-0.3, -0.25) is 0 Å². The Morgan fingerprint density at radius 1 is 0.636 bits per heavy atom. The Morgan fingerprint density at radius 3 is 1.77 bits per heavy atom. The van der Waals surface area contributed by atoms with E-state index in [0.717, 1.165) is 36.5 Å². The van der Waals surface area contributed by atoms with E-state index >= 15 is 0 Å². The van der Waals surface area contributed by atoms with Crippen molar-refractivity contribution in [1.29, 1.82) is 0 Å². The fourth-order valence-corrected chi connectivity index (χ4v) is 3.69. The molecule has 0 radical (unpaired) electrons. The third-order valence-electron chi connectivity index (χ3n) is 4.96. The zero-order valence-corrected chi connectivity index (χ0v) is 16.4. The molecule has 134 valence electrons. The van der Waals surface area contributed by atoms with Crippen molar-refractivity contribution in [1.82, 2.24) is 0 Å². The minimum atomic E-state index is -0.0727. The lowest BCUT2D eigenvalue weighted by molar-refractivity contribution is 0.134. The second kappa shape index (κ2) is 13.4. The van der Waals surface area contributed by atoms with Gasteiger partial charge in [-0.1, -0.05) is 67.2 Å². The van der Waals surface area contributed by atoms with E-state index in [4.69, 9.17) is 0 Å². The van der Waals surface area contributed by atoms with Crippen molar-refractivity contribution in [2.24, 2.45) is 23.7 Å². The Morgan fingerprint density at radius 2 is 1.23 bits per heavy atom. The third kappa shape index (κ3) is 13.6. The van der Waals surface area contributed by atoms with Gasteiger partial charge in [-0.15, -0.1) is 0 Å². The monoisotopic (exact) mass is 312 g/mol. The van der Waals surface area contributed by atoms with Gasteiger partial charge in [0.1, 0.15) is 0 Å². The van der Waals surface area contributed by atoms with Crippen molar-refractivity contribution in [2.45, 2.75) is 112 Å². The molecule has 0 amide bonds. The van der Waals surface area contributed by atoms with Crippen molar-refractivity contribution in [3.8, 4) is 0 Å². The lowest BCUT2D eigenvalue weighted by Gasteiger charge is -2.20. The van der Waals surface area contributed by atoms with E-state index in [2.05, 4.69) is 41.5 Å². The Balaban J connectivity index is 3.68. The van der Waals surface area contributed by atoms with Gasteiger partial charge < -0.3 is 5.11 Å². The molecule has 4 atom stereocenters. The van der Waals surface area contributed by atoms with E-state index in [1.54, 1.807) is 0 Å². The van der Waals surface area contributed by atoms with Crippen LogP contribution in [0.1, 0.15) is 106 Å². The molecule has 0 fully saturated rings. The molecule has 1 nitrogen and oxygen atoms in total. The summed E-state index contributed by atoms with van der Waals surface area (Å²) in [6, 6.07) is 0. The highest BCUT2D eigenvalue weighted by atomic mass is 16.3. The summed E-state index contributed by atoms with van der Waals surface area (Å²) in [7, 11) is 0. The van der Waals surface area contributed by atoms with E-state index in [1.165, 1.54) is 51.4 Å². The Labute approximate surface area is 141 Å². The second-order valence-electron chi connectivity index (χ2n) is 8.49. The molecule has 0 aromatic heterocycles. The molecule has 0 aliphatic rings. The van der Waals surface area contributed by atoms with Crippen LogP contribution in [0.15, 0.2) is 0 Å². The smallest absolute Gasteiger partial charge is 0.0540 e. The number of aliphatic hydroxyl groups excluding tert-OH is 1. The van der Waals surface area contributed by atoms with Crippen molar-refractivity contribution < 1.29 is 5.11 Å². The Hall–Kier alpha value is -0.0400. The second-order valence-corrected chi connectivity index (χ2v) is 8.49. The van der Waals surface area contributed by atoms with Crippen molar-refractivity contribution in [2.75, 3.05) is 0 Å². The Kier molecular flexibility index (Phi) is 13.4. The summed E-state index contributed by atoms with van der Waals surface area (Å²) >= 11 is 0. The van der Waals surface area contributed by atoms with Crippen LogP contribution in [0.2, 0.25) is 0 Å². The molecule has 0 saturated carbocycles. The first-order chi connectivity index (χ1) is 10.3. The van der Waals surface area contributed by atoms with Crippen LogP contribution in [0, 0.1) is 23.7 Å². The Bertz CT molecular complexity index is 236. The molecule has 1 N–H and O–H groups in total. The molecule has 0 rings (SSSR count). The first-order valence-corrected chi connectivity index (χ1v) is 10.0. The summed E-state index contributed by atoms with van der Waals surface area (Å²) in [5.41, 5.74) is 0. The van der Waals surface area contributed by atoms with Gasteiger partial charge in [-0.25, -0.2) is 0 Å². The third-order valence-corrected chi connectivity index (χ3v) is 4.96. The highest BCUT2D eigenvalue weighted by molar-refractivity contribution is 4.66. The SMILES string of the molecule is CCCCCC(C)CCC(O)CCC(C)CC(C)CC(C)C. The molecule has 0 aliphatic heterocycles. The highest BCUT2D eigenvalue weighted by Crippen LogP contribution is 2.24. The maximum atomic E-state index is 10.2. The molecular weight excluding hydrogens is 268 g/mol. The van der Waals surface area contributed by atoms with Crippen LogP contribution in [0.25, 0.3) is 0 Å². The summed E-state index contributed by atoms with van der Waals surface area (Å²) < 4.78 is 0. The molecule has 4 unspecified atom stereocenters. The van der Waals surface area contributed by atoms with Crippen LogP contribution in [0.3, 0.4) is 0 Å². The zero-order chi connectivity index (χ0) is 17.0. The maximum absolute atomic E-state index is 10.2. The van der Waals surface area contributed by atoms with Gasteiger partial charge in [0.15, 0.2) is 0 Å². The van der Waals surface area contributed by atoms with Gasteiger partial charge in [0, 0.05) is 0 Å². The van der Waals surface area contributed by atoms with E-state index in [9.17, 15) is 5.11 Å². The van der Waals surface area contributed by atoms with E-state index < -0.39 is 0 Å². The minimum absolute atomic E-state index is 0.0727. The molecule has 0 bridgehead atoms. The average Bonchev–Trinajstić information content (AvgIpc) is 2.42. The van der Waals surface area contributed by atoms with E-state index in [-0.39, 0.29) is 6.10 Å². The average molecular weight is 313 g/mol. The summed E-state index contributed by atoms with van der Waals surface area (Å²) in [6.45, 7) is 14.0. The summed E-state index contributed by atoms with van der Waals surface area (Å²) in [5.74, 6) is 3.17. The molecular formula is C21H44O. The lowest BCUT2D eigenvalue weighted by atomic mass is 9.87. The molecule has 22 heavy (non-hydrogen) atoms. The lowest BCUT2D eigenvalue weighted by Crippen LogP contribution is -2.12. The molecule has 1 heteroatoms. The maximum Gasteiger partial charge on any atom is 0.0540 e. The molecule has 0 saturated heterocycles. The summed E-state index contributed by atoms with van der Waals surface area (Å²) in [6.07, 6.45) is 12.3. The van der Waals surface area contributed by atoms with Gasteiger partial charge in [-0.05, 0) is 62.2 Å². The number of aliphatic hydroxyl groups is 1. The van der Waals surface area contributed by atoms with Gasteiger partial charge in [0.25, 0.3) is 0 Å². The predicted molar refractivity (Wildman–Crippen MR) is 100 cm³/mol.